The van der Waals surface area contributed by atoms with Crippen molar-refractivity contribution in [2.45, 2.75) is 13.5 Å². The molecular weight excluding hydrogens is 242 g/mol. The molecule has 0 spiro atoms. The first-order valence-corrected chi connectivity index (χ1v) is 5.95. The van der Waals surface area contributed by atoms with Crippen molar-refractivity contribution in [3.63, 3.8) is 0 Å². The van der Waals surface area contributed by atoms with Crippen LogP contribution in [0, 0.1) is 5.92 Å². The van der Waals surface area contributed by atoms with Crippen LogP contribution in [0.2, 0.25) is 0 Å². The number of carboxylic acid groups (broad SMARTS) is 1. The molecule has 0 aliphatic carbocycles. The maximum atomic E-state index is 11.5. The predicted molar refractivity (Wildman–Crippen MR) is 64.2 cm³/mol. The number of ether oxygens (including phenoxy) is 1. The fourth-order valence-corrected chi connectivity index (χ4v) is 2.05. The molecule has 0 fully saturated rings. The Hall–Kier alpha value is -1.40. The lowest BCUT2D eigenvalue weighted by Gasteiger charge is -2.10. The summed E-state index contributed by atoms with van der Waals surface area (Å²) in [6.45, 7) is 2.50. The first-order chi connectivity index (χ1) is 8.04. The molecule has 2 N–H and O–H groups in total. The summed E-state index contributed by atoms with van der Waals surface area (Å²) in [6, 6.07) is 3.24. The number of carbonyl (C=O) groups is 2. The first kappa shape index (κ1) is 13.7. The SMILES string of the molecule is COCC(C)C(=O)NCc1ccc(C(=O)O)s1. The van der Waals surface area contributed by atoms with Crippen LogP contribution >= 0.6 is 11.3 Å². The highest BCUT2D eigenvalue weighted by Crippen LogP contribution is 2.16. The van der Waals surface area contributed by atoms with Gasteiger partial charge in [-0.25, -0.2) is 4.79 Å². The summed E-state index contributed by atoms with van der Waals surface area (Å²) in [6.07, 6.45) is 0. The van der Waals surface area contributed by atoms with E-state index in [2.05, 4.69) is 5.32 Å². The average molecular weight is 257 g/mol. The summed E-state index contributed by atoms with van der Waals surface area (Å²) in [5.74, 6) is -1.25. The molecule has 0 radical (unpaired) electrons. The minimum absolute atomic E-state index is 0.0999. The van der Waals surface area contributed by atoms with E-state index in [4.69, 9.17) is 9.84 Å². The van der Waals surface area contributed by atoms with Crippen LogP contribution in [0.1, 0.15) is 21.5 Å². The molecule has 5 nitrogen and oxygen atoms in total. The Morgan fingerprint density at radius 3 is 2.76 bits per heavy atom. The van der Waals surface area contributed by atoms with Crippen LogP contribution in [0.25, 0.3) is 0 Å². The highest BCUT2D eigenvalue weighted by Gasteiger charge is 2.13. The van der Waals surface area contributed by atoms with Gasteiger partial charge in [0.2, 0.25) is 5.91 Å². The summed E-state index contributed by atoms with van der Waals surface area (Å²) in [7, 11) is 1.54. The van der Waals surface area contributed by atoms with E-state index in [9.17, 15) is 9.59 Å². The van der Waals surface area contributed by atoms with Crippen molar-refractivity contribution in [2.75, 3.05) is 13.7 Å². The second-order valence-corrected chi connectivity index (χ2v) is 4.81. The standard InChI is InChI=1S/C11H15NO4S/c1-7(6-16-2)10(13)12-5-8-3-4-9(17-8)11(14)15/h3-4,7H,5-6H2,1-2H3,(H,12,13)(H,14,15). The molecule has 1 heterocycles. The quantitative estimate of drug-likeness (QED) is 0.806. The molecule has 6 heteroatoms. The molecule has 94 valence electrons. The second-order valence-electron chi connectivity index (χ2n) is 3.65. The minimum Gasteiger partial charge on any atom is -0.477 e. The van der Waals surface area contributed by atoms with E-state index in [1.54, 1.807) is 20.1 Å². The van der Waals surface area contributed by atoms with Crippen LogP contribution in [0.15, 0.2) is 12.1 Å². The van der Waals surface area contributed by atoms with Crippen molar-refractivity contribution >= 4 is 23.2 Å². The maximum Gasteiger partial charge on any atom is 0.345 e. The molecule has 0 aromatic carbocycles. The molecular formula is C11H15NO4S. The summed E-state index contributed by atoms with van der Waals surface area (Å²) in [5.41, 5.74) is 0. The minimum atomic E-state index is -0.944. The number of carbonyl (C=O) groups excluding carboxylic acids is 1. The van der Waals surface area contributed by atoms with E-state index >= 15 is 0 Å². The van der Waals surface area contributed by atoms with Gasteiger partial charge in [0.1, 0.15) is 4.88 Å². The Morgan fingerprint density at radius 1 is 1.53 bits per heavy atom. The normalized spacial score (nSPS) is 12.1. The lowest BCUT2D eigenvalue weighted by atomic mass is 10.2. The van der Waals surface area contributed by atoms with Gasteiger partial charge in [0.25, 0.3) is 0 Å². The van der Waals surface area contributed by atoms with Gasteiger partial charge < -0.3 is 15.2 Å². The molecule has 0 saturated heterocycles. The number of aromatic carboxylic acids is 1. The third kappa shape index (κ3) is 4.16. The molecule has 1 unspecified atom stereocenters. The number of hydrogen-bond donors (Lipinski definition) is 2. The molecule has 1 amide bonds. The van der Waals surface area contributed by atoms with Crippen molar-refractivity contribution < 1.29 is 19.4 Å². The maximum absolute atomic E-state index is 11.5. The van der Waals surface area contributed by atoms with Gasteiger partial charge in [0, 0.05) is 12.0 Å². The molecule has 17 heavy (non-hydrogen) atoms. The zero-order valence-corrected chi connectivity index (χ0v) is 10.5. The lowest BCUT2D eigenvalue weighted by Crippen LogP contribution is -2.30. The molecule has 1 rings (SSSR count). The van der Waals surface area contributed by atoms with Gasteiger partial charge in [-0.3, -0.25) is 4.79 Å². The number of hydrogen-bond acceptors (Lipinski definition) is 4. The van der Waals surface area contributed by atoms with Crippen LogP contribution in [0.5, 0.6) is 0 Å². The fraction of sp³-hybridized carbons (Fsp3) is 0.455. The first-order valence-electron chi connectivity index (χ1n) is 5.13. The van der Waals surface area contributed by atoms with E-state index in [0.717, 1.165) is 16.2 Å². The van der Waals surface area contributed by atoms with Crippen molar-refractivity contribution in [3.8, 4) is 0 Å². The number of amides is 1. The molecule has 1 aromatic rings. The molecule has 0 bridgehead atoms. The van der Waals surface area contributed by atoms with Crippen LogP contribution < -0.4 is 5.32 Å². The van der Waals surface area contributed by atoms with E-state index in [1.807, 2.05) is 0 Å². The molecule has 1 atom stereocenters. The van der Waals surface area contributed by atoms with Crippen molar-refractivity contribution in [2.24, 2.45) is 5.92 Å². The molecule has 0 aliphatic rings. The Balaban J connectivity index is 2.44. The van der Waals surface area contributed by atoms with Gasteiger partial charge >= 0.3 is 5.97 Å². The highest BCUT2D eigenvalue weighted by atomic mass is 32.1. The zero-order valence-electron chi connectivity index (χ0n) is 9.73. The topological polar surface area (TPSA) is 75.6 Å². The van der Waals surface area contributed by atoms with Gasteiger partial charge in [-0.05, 0) is 12.1 Å². The molecule has 1 aromatic heterocycles. The van der Waals surface area contributed by atoms with Gasteiger partial charge in [-0.2, -0.15) is 0 Å². The summed E-state index contributed by atoms with van der Waals surface area (Å²) < 4.78 is 4.88. The second kappa shape index (κ2) is 6.36. The molecule has 0 aliphatic heterocycles. The summed E-state index contributed by atoms with van der Waals surface area (Å²) in [5, 5.41) is 11.5. The smallest absolute Gasteiger partial charge is 0.345 e. The monoisotopic (exact) mass is 257 g/mol. The predicted octanol–water partition coefficient (Wildman–Crippen LogP) is 1.34. The van der Waals surface area contributed by atoms with E-state index in [1.165, 1.54) is 6.07 Å². The Labute approximate surface area is 103 Å². The Morgan fingerprint density at radius 2 is 2.24 bits per heavy atom. The third-order valence-corrected chi connectivity index (χ3v) is 3.25. The van der Waals surface area contributed by atoms with Crippen LogP contribution in [-0.4, -0.2) is 30.7 Å². The largest absolute Gasteiger partial charge is 0.477 e. The van der Waals surface area contributed by atoms with E-state index in [-0.39, 0.29) is 16.7 Å². The van der Waals surface area contributed by atoms with Crippen LogP contribution in [0.3, 0.4) is 0 Å². The lowest BCUT2D eigenvalue weighted by molar-refractivity contribution is -0.126. The van der Waals surface area contributed by atoms with E-state index in [0.29, 0.717) is 13.2 Å². The van der Waals surface area contributed by atoms with E-state index < -0.39 is 5.97 Å². The highest BCUT2D eigenvalue weighted by molar-refractivity contribution is 7.13. The number of carboxylic acids is 1. The number of thiophene rings is 1. The van der Waals surface area contributed by atoms with Crippen molar-refractivity contribution in [1.29, 1.82) is 0 Å². The number of rotatable bonds is 6. The van der Waals surface area contributed by atoms with Gasteiger partial charge in [0.15, 0.2) is 0 Å². The summed E-state index contributed by atoms with van der Waals surface area (Å²) >= 11 is 1.16. The Bertz CT molecular complexity index is 402. The number of nitrogens with one attached hydrogen (secondary N) is 1. The van der Waals surface area contributed by atoms with Crippen molar-refractivity contribution in [1.82, 2.24) is 5.32 Å². The van der Waals surface area contributed by atoms with Crippen LogP contribution in [-0.2, 0) is 16.1 Å². The Kier molecular flexibility index (Phi) is 5.11. The van der Waals surface area contributed by atoms with Gasteiger partial charge in [-0.15, -0.1) is 11.3 Å². The summed E-state index contributed by atoms with van der Waals surface area (Å²) in [4.78, 5) is 23.3. The fourth-order valence-electron chi connectivity index (χ4n) is 1.26. The van der Waals surface area contributed by atoms with Gasteiger partial charge in [-0.1, -0.05) is 6.92 Å². The number of methoxy groups -OCH3 is 1. The van der Waals surface area contributed by atoms with Gasteiger partial charge in [0.05, 0.1) is 19.1 Å². The molecule has 0 saturated carbocycles. The zero-order chi connectivity index (χ0) is 12.8. The average Bonchev–Trinajstić information content (AvgIpc) is 2.75. The van der Waals surface area contributed by atoms with Crippen LogP contribution in [0.4, 0.5) is 0 Å². The van der Waals surface area contributed by atoms with Crippen molar-refractivity contribution in [3.05, 3.63) is 21.9 Å². The third-order valence-electron chi connectivity index (χ3n) is 2.17.